The van der Waals surface area contributed by atoms with Crippen molar-refractivity contribution in [2.45, 2.75) is 6.92 Å². The Balaban J connectivity index is 2.14. The zero-order valence-corrected chi connectivity index (χ0v) is 12.6. The number of hydrogen-bond acceptors (Lipinski definition) is 6. The largest absolute Gasteiger partial charge is 0.495 e. The van der Waals surface area contributed by atoms with Crippen molar-refractivity contribution >= 4 is 17.1 Å². The number of methoxy groups -OCH3 is 1. The second-order valence-corrected chi connectivity index (χ2v) is 4.65. The smallest absolute Gasteiger partial charge is 0.143 e. The van der Waals surface area contributed by atoms with E-state index < -0.39 is 0 Å². The molecular weight excluding hydrogens is 282 g/mol. The highest BCUT2D eigenvalue weighted by atomic mass is 16.5. The van der Waals surface area contributed by atoms with Gasteiger partial charge in [0.1, 0.15) is 18.1 Å². The van der Waals surface area contributed by atoms with Crippen LogP contribution in [0.15, 0.2) is 46.6 Å². The molecule has 0 atom stereocenters. The van der Waals surface area contributed by atoms with Crippen molar-refractivity contribution in [2.24, 2.45) is 10.2 Å². The summed E-state index contributed by atoms with van der Waals surface area (Å²) in [6, 6.07) is 10.7. The average Bonchev–Trinajstić information content (AvgIpc) is 2.53. The van der Waals surface area contributed by atoms with E-state index in [0.717, 1.165) is 5.56 Å². The Labute approximate surface area is 129 Å². The third-order valence-electron chi connectivity index (χ3n) is 3.02. The second-order valence-electron chi connectivity index (χ2n) is 4.65. The summed E-state index contributed by atoms with van der Waals surface area (Å²) in [6.07, 6.45) is 0. The molecule has 0 fully saturated rings. The highest BCUT2D eigenvalue weighted by Gasteiger charge is 2.05. The first-order chi connectivity index (χ1) is 10.6. The van der Waals surface area contributed by atoms with Gasteiger partial charge in [-0.2, -0.15) is 10.2 Å². The van der Waals surface area contributed by atoms with E-state index in [-0.39, 0.29) is 13.2 Å². The molecule has 0 unspecified atom stereocenters. The molecule has 6 heteroatoms. The van der Waals surface area contributed by atoms with Crippen LogP contribution in [0.2, 0.25) is 0 Å². The first-order valence-electron chi connectivity index (χ1n) is 6.83. The Morgan fingerprint density at radius 2 is 1.86 bits per heavy atom. The molecule has 116 valence electrons. The molecule has 0 aliphatic carbocycles. The maximum atomic E-state index is 8.70. The molecule has 0 aromatic heterocycles. The van der Waals surface area contributed by atoms with Gasteiger partial charge in [0.25, 0.3) is 0 Å². The Bertz CT molecular complexity index is 654. The summed E-state index contributed by atoms with van der Waals surface area (Å²) in [6.45, 7) is 2.17. The molecule has 3 N–H and O–H groups in total. The van der Waals surface area contributed by atoms with Gasteiger partial charge in [0.15, 0.2) is 0 Å². The lowest BCUT2D eigenvalue weighted by Crippen LogP contribution is -2.00. The number of nitrogens with two attached hydrogens (primary N) is 1. The molecule has 0 bridgehead atoms. The summed E-state index contributed by atoms with van der Waals surface area (Å²) >= 11 is 0. The summed E-state index contributed by atoms with van der Waals surface area (Å²) in [4.78, 5) is 0. The minimum absolute atomic E-state index is 0.0142. The number of azo groups is 1. The number of hydrogen-bond donors (Lipinski definition) is 2. The number of rotatable bonds is 6. The molecule has 2 aromatic carbocycles. The Morgan fingerprint density at radius 3 is 2.50 bits per heavy atom. The van der Waals surface area contributed by atoms with Gasteiger partial charge in [-0.3, -0.25) is 0 Å². The minimum Gasteiger partial charge on any atom is -0.495 e. The fraction of sp³-hybridized carbons (Fsp3) is 0.250. The number of anilines is 1. The fourth-order valence-corrected chi connectivity index (χ4v) is 1.87. The third-order valence-corrected chi connectivity index (χ3v) is 3.02. The van der Waals surface area contributed by atoms with Crippen molar-refractivity contribution < 1.29 is 14.6 Å². The van der Waals surface area contributed by atoms with Crippen LogP contribution in [0.4, 0.5) is 17.1 Å². The average molecular weight is 301 g/mol. The number of nitrogens with zero attached hydrogens (tertiary/aromatic N) is 2. The first kappa shape index (κ1) is 15.8. The van der Waals surface area contributed by atoms with Crippen LogP contribution in [0, 0.1) is 6.92 Å². The molecule has 0 amide bonds. The van der Waals surface area contributed by atoms with Gasteiger partial charge in [-0.05, 0) is 42.8 Å². The van der Waals surface area contributed by atoms with Crippen LogP contribution in [-0.4, -0.2) is 25.4 Å². The third kappa shape index (κ3) is 3.95. The first-order valence-corrected chi connectivity index (χ1v) is 6.83. The number of aliphatic hydroxyl groups excluding tert-OH is 1. The Morgan fingerprint density at radius 1 is 1.14 bits per heavy atom. The number of aryl methyl sites for hydroxylation is 1. The zero-order chi connectivity index (χ0) is 15.9. The van der Waals surface area contributed by atoms with Crippen LogP contribution in [0.3, 0.4) is 0 Å². The molecule has 0 radical (unpaired) electrons. The van der Waals surface area contributed by atoms with E-state index in [9.17, 15) is 0 Å². The summed E-state index contributed by atoms with van der Waals surface area (Å²) < 4.78 is 10.5. The fourth-order valence-electron chi connectivity index (χ4n) is 1.87. The van der Waals surface area contributed by atoms with Crippen LogP contribution >= 0.6 is 0 Å². The van der Waals surface area contributed by atoms with Crippen molar-refractivity contribution in [3.05, 3.63) is 42.0 Å². The molecule has 0 heterocycles. The Hall–Kier alpha value is -2.60. The predicted octanol–water partition coefficient (Wildman–Crippen LogP) is 3.37. The quantitative estimate of drug-likeness (QED) is 0.632. The van der Waals surface area contributed by atoms with Gasteiger partial charge < -0.3 is 20.3 Å². The number of nitrogen functional groups attached to an aromatic ring is 1. The van der Waals surface area contributed by atoms with Crippen molar-refractivity contribution in [1.29, 1.82) is 0 Å². The van der Waals surface area contributed by atoms with E-state index >= 15 is 0 Å². The van der Waals surface area contributed by atoms with Gasteiger partial charge in [-0.25, -0.2) is 0 Å². The molecule has 0 aliphatic heterocycles. The highest BCUT2D eigenvalue weighted by molar-refractivity contribution is 5.63. The minimum atomic E-state index is -0.0142. The van der Waals surface area contributed by atoms with E-state index in [0.29, 0.717) is 28.6 Å². The lowest BCUT2D eigenvalue weighted by Gasteiger charge is -2.07. The van der Waals surface area contributed by atoms with Crippen LogP contribution < -0.4 is 15.2 Å². The van der Waals surface area contributed by atoms with E-state index in [1.54, 1.807) is 43.5 Å². The summed E-state index contributed by atoms with van der Waals surface area (Å²) in [5.74, 6) is 1.26. The van der Waals surface area contributed by atoms with Gasteiger partial charge in [0.2, 0.25) is 0 Å². The molecule has 22 heavy (non-hydrogen) atoms. The predicted molar refractivity (Wildman–Crippen MR) is 85.3 cm³/mol. The van der Waals surface area contributed by atoms with Crippen LogP contribution in [0.1, 0.15) is 5.56 Å². The molecule has 0 saturated carbocycles. The van der Waals surface area contributed by atoms with Crippen molar-refractivity contribution in [1.82, 2.24) is 0 Å². The van der Waals surface area contributed by atoms with E-state index in [1.165, 1.54) is 0 Å². The molecule has 6 nitrogen and oxygen atoms in total. The summed E-state index contributed by atoms with van der Waals surface area (Å²) in [5.41, 5.74) is 8.73. The molecule has 0 saturated heterocycles. The maximum absolute atomic E-state index is 8.70. The number of benzene rings is 2. The molecule has 0 spiro atoms. The lowest BCUT2D eigenvalue weighted by atomic mass is 10.1. The standard InChI is InChI=1S/C16H19N3O3/c1-11-9-14(17)16(21-2)10-15(11)19-18-12-3-5-13(6-4-12)22-8-7-20/h3-6,9-10,20H,7-8,17H2,1-2H3/b19-18+. The molecule has 2 aromatic rings. The van der Waals surface area contributed by atoms with Gasteiger partial charge >= 0.3 is 0 Å². The van der Waals surface area contributed by atoms with Crippen molar-refractivity contribution in [3.8, 4) is 11.5 Å². The Kier molecular flexibility index (Phi) is 5.32. The van der Waals surface area contributed by atoms with Gasteiger partial charge in [-0.1, -0.05) is 0 Å². The molecular formula is C16H19N3O3. The molecule has 2 rings (SSSR count). The SMILES string of the molecule is COc1cc(/N=N/c2ccc(OCCO)cc2)c(C)cc1N. The lowest BCUT2D eigenvalue weighted by molar-refractivity contribution is 0.201. The van der Waals surface area contributed by atoms with Gasteiger partial charge in [0, 0.05) is 6.07 Å². The van der Waals surface area contributed by atoms with Crippen molar-refractivity contribution in [2.75, 3.05) is 26.1 Å². The number of aliphatic hydroxyl groups is 1. The normalized spacial score (nSPS) is 10.9. The maximum Gasteiger partial charge on any atom is 0.143 e. The zero-order valence-electron chi connectivity index (χ0n) is 12.6. The monoisotopic (exact) mass is 301 g/mol. The van der Waals surface area contributed by atoms with Crippen LogP contribution in [0.25, 0.3) is 0 Å². The molecule has 0 aliphatic rings. The van der Waals surface area contributed by atoms with Gasteiger partial charge in [0.05, 0.1) is 30.8 Å². The van der Waals surface area contributed by atoms with E-state index in [1.807, 2.05) is 6.92 Å². The topological polar surface area (TPSA) is 89.4 Å². The van der Waals surface area contributed by atoms with E-state index in [2.05, 4.69) is 10.2 Å². The second kappa shape index (κ2) is 7.42. The summed E-state index contributed by atoms with van der Waals surface area (Å²) in [5, 5.41) is 17.1. The van der Waals surface area contributed by atoms with Crippen LogP contribution in [-0.2, 0) is 0 Å². The number of ether oxygens (including phenoxy) is 2. The summed E-state index contributed by atoms with van der Waals surface area (Å²) in [7, 11) is 1.56. The van der Waals surface area contributed by atoms with Gasteiger partial charge in [-0.15, -0.1) is 0 Å². The van der Waals surface area contributed by atoms with Crippen molar-refractivity contribution in [3.63, 3.8) is 0 Å². The van der Waals surface area contributed by atoms with E-state index in [4.69, 9.17) is 20.3 Å². The van der Waals surface area contributed by atoms with Crippen LogP contribution in [0.5, 0.6) is 11.5 Å². The highest BCUT2D eigenvalue weighted by Crippen LogP contribution is 2.31.